The molecule has 0 fully saturated rings. The summed E-state index contributed by atoms with van der Waals surface area (Å²) in [6, 6.07) is -0.133. The predicted octanol–water partition coefficient (Wildman–Crippen LogP) is 0.393. The summed E-state index contributed by atoms with van der Waals surface area (Å²) in [5, 5.41) is 11.4. The summed E-state index contributed by atoms with van der Waals surface area (Å²) >= 11 is 0. The molecule has 0 aliphatic heterocycles. The molecule has 1 amide bonds. The van der Waals surface area contributed by atoms with E-state index >= 15 is 0 Å². The van der Waals surface area contributed by atoms with Crippen molar-refractivity contribution in [2.24, 2.45) is 5.73 Å². The highest BCUT2D eigenvalue weighted by Crippen LogP contribution is 2.02. The number of amides is 1. The van der Waals surface area contributed by atoms with Crippen LogP contribution in [0.25, 0.3) is 0 Å². The van der Waals surface area contributed by atoms with Crippen molar-refractivity contribution in [1.82, 2.24) is 5.32 Å². The highest BCUT2D eigenvalue weighted by Gasteiger charge is 2.04. The molecule has 0 bridgehead atoms. The Balaban J connectivity index is 3.27. The molecule has 0 saturated carbocycles. The number of unbranched alkanes of at least 4 members (excludes halogenated alkanes) is 3. The molecule has 0 aliphatic rings. The van der Waals surface area contributed by atoms with Crippen molar-refractivity contribution < 1.29 is 9.90 Å². The molecule has 4 N–H and O–H groups in total. The molecule has 4 nitrogen and oxygen atoms in total. The van der Waals surface area contributed by atoms with Crippen molar-refractivity contribution in [3.05, 3.63) is 0 Å². The van der Waals surface area contributed by atoms with Crippen LogP contribution in [-0.2, 0) is 4.79 Å². The minimum absolute atomic E-state index is 0.00108. The quantitative estimate of drug-likeness (QED) is 0.498. The SMILES string of the molecule is C[C@@H](CO)NC(=O)CCCCCCN. The molecule has 0 saturated heterocycles. The van der Waals surface area contributed by atoms with Crippen molar-refractivity contribution in [3.8, 4) is 0 Å². The lowest BCUT2D eigenvalue weighted by Crippen LogP contribution is -2.34. The number of rotatable bonds is 8. The van der Waals surface area contributed by atoms with E-state index in [1.807, 2.05) is 0 Å². The van der Waals surface area contributed by atoms with Crippen molar-refractivity contribution in [2.45, 2.75) is 45.1 Å². The Bertz CT molecular complexity index is 151. The molecule has 0 heterocycles. The number of aliphatic hydroxyl groups excluding tert-OH is 1. The van der Waals surface area contributed by atoms with Gasteiger partial charge in [-0.25, -0.2) is 0 Å². The minimum Gasteiger partial charge on any atom is -0.394 e. The molecule has 0 radical (unpaired) electrons. The summed E-state index contributed by atoms with van der Waals surface area (Å²) in [7, 11) is 0. The highest BCUT2D eigenvalue weighted by atomic mass is 16.3. The maximum absolute atomic E-state index is 11.2. The first-order chi connectivity index (χ1) is 6.70. The van der Waals surface area contributed by atoms with Gasteiger partial charge in [0.1, 0.15) is 0 Å². The van der Waals surface area contributed by atoms with Crippen LogP contribution in [0.2, 0.25) is 0 Å². The number of hydrogen-bond donors (Lipinski definition) is 3. The summed E-state index contributed by atoms with van der Waals surface area (Å²) in [5.74, 6) is 0.0271. The average molecular weight is 202 g/mol. The van der Waals surface area contributed by atoms with Crippen molar-refractivity contribution in [3.63, 3.8) is 0 Å². The molecule has 0 aromatic rings. The third-order valence-corrected chi connectivity index (χ3v) is 2.04. The summed E-state index contributed by atoms with van der Waals surface area (Å²) in [6.45, 7) is 2.51. The first kappa shape index (κ1) is 13.4. The Morgan fingerprint density at radius 2 is 2.00 bits per heavy atom. The molecule has 4 heteroatoms. The van der Waals surface area contributed by atoms with Gasteiger partial charge in [0.2, 0.25) is 5.91 Å². The second kappa shape index (κ2) is 8.97. The van der Waals surface area contributed by atoms with Gasteiger partial charge in [0.05, 0.1) is 6.61 Å². The first-order valence-corrected chi connectivity index (χ1v) is 5.31. The number of aliphatic hydroxyl groups is 1. The predicted molar refractivity (Wildman–Crippen MR) is 56.8 cm³/mol. The molecular formula is C10H22N2O2. The number of nitrogens with one attached hydrogen (secondary N) is 1. The third-order valence-electron chi connectivity index (χ3n) is 2.04. The lowest BCUT2D eigenvalue weighted by atomic mass is 10.1. The summed E-state index contributed by atoms with van der Waals surface area (Å²) in [5.41, 5.74) is 5.35. The van der Waals surface area contributed by atoms with Crippen LogP contribution in [0.1, 0.15) is 39.0 Å². The van der Waals surface area contributed by atoms with Crippen molar-refractivity contribution in [1.29, 1.82) is 0 Å². The van der Waals surface area contributed by atoms with Crippen LogP contribution in [0, 0.1) is 0 Å². The van der Waals surface area contributed by atoms with Gasteiger partial charge in [-0.2, -0.15) is 0 Å². The van der Waals surface area contributed by atoms with Gasteiger partial charge in [-0.15, -0.1) is 0 Å². The van der Waals surface area contributed by atoms with Gasteiger partial charge in [0.25, 0.3) is 0 Å². The van der Waals surface area contributed by atoms with Crippen LogP contribution >= 0.6 is 0 Å². The normalized spacial score (nSPS) is 12.5. The molecule has 0 aromatic carbocycles. The van der Waals surface area contributed by atoms with E-state index in [-0.39, 0.29) is 18.6 Å². The lowest BCUT2D eigenvalue weighted by Gasteiger charge is -2.10. The third kappa shape index (κ3) is 8.01. The van der Waals surface area contributed by atoms with E-state index in [2.05, 4.69) is 5.32 Å². The van der Waals surface area contributed by atoms with E-state index in [4.69, 9.17) is 10.8 Å². The summed E-state index contributed by atoms with van der Waals surface area (Å²) in [4.78, 5) is 11.2. The molecule has 1 atom stereocenters. The van der Waals surface area contributed by atoms with Crippen LogP contribution < -0.4 is 11.1 Å². The molecule has 14 heavy (non-hydrogen) atoms. The minimum atomic E-state index is -0.133. The highest BCUT2D eigenvalue weighted by molar-refractivity contribution is 5.76. The zero-order valence-electron chi connectivity index (χ0n) is 8.96. The summed E-state index contributed by atoms with van der Waals surface area (Å²) < 4.78 is 0. The Morgan fingerprint density at radius 3 is 2.57 bits per heavy atom. The molecule has 0 unspecified atom stereocenters. The zero-order valence-corrected chi connectivity index (χ0v) is 8.96. The number of hydrogen-bond acceptors (Lipinski definition) is 3. The standard InChI is InChI=1S/C10H22N2O2/c1-9(8-13)12-10(14)6-4-2-3-5-7-11/h9,13H,2-8,11H2,1H3,(H,12,14)/t9-/m0/s1. The van der Waals surface area contributed by atoms with Gasteiger partial charge in [0, 0.05) is 12.5 Å². The van der Waals surface area contributed by atoms with Gasteiger partial charge in [-0.1, -0.05) is 12.8 Å². The Kier molecular flexibility index (Phi) is 8.57. The van der Waals surface area contributed by atoms with Crippen LogP contribution in [0.15, 0.2) is 0 Å². The van der Waals surface area contributed by atoms with E-state index in [1.54, 1.807) is 6.92 Å². The monoisotopic (exact) mass is 202 g/mol. The van der Waals surface area contributed by atoms with Gasteiger partial charge < -0.3 is 16.2 Å². The van der Waals surface area contributed by atoms with Crippen molar-refractivity contribution >= 4 is 5.91 Å². The molecule has 0 aromatic heterocycles. The van der Waals surface area contributed by atoms with E-state index in [0.717, 1.165) is 32.2 Å². The fourth-order valence-electron chi connectivity index (χ4n) is 1.18. The maximum atomic E-state index is 11.2. The van der Waals surface area contributed by atoms with Gasteiger partial charge in [-0.05, 0) is 26.3 Å². The van der Waals surface area contributed by atoms with Gasteiger partial charge >= 0.3 is 0 Å². The van der Waals surface area contributed by atoms with Crippen LogP contribution in [0.5, 0.6) is 0 Å². The largest absolute Gasteiger partial charge is 0.394 e. The molecule has 0 spiro atoms. The zero-order chi connectivity index (χ0) is 10.8. The van der Waals surface area contributed by atoms with E-state index in [9.17, 15) is 4.79 Å². The number of carbonyl (C=O) groups is 1. The molecule has 84 valence electrons. The fraction of sp³-hybridized carbons (Fsp3) is 0.900. The topological polar surface area (TPSA) is 75.3 Å². The Labute approximate surface area is 85.9 Å². The van der Waals surface area contributed by atoms with Gasteiger partial charge in [0.15, 0.2) is 0 Å². The molecule has 0 aliphatic carbocycles. The average Bonchev–Trinajstić information content (AvgIpc) is 2.17. The molecular weight excluding hydrogens is 180 g/mol. The lowest BCUT2D eigenvalue weighted by molar-refractivity contribution is -0.122. The van der Waals surface area contributed by atoms with Crippen LogP contribution in [0.3, 0.4) is 0 Å². The van der Waals surface area contributed by atoms with Crippen LogP contribution in [-0.4, -0.2) is 30.2 Å². The van der Waals surface area contributed by atoms with E-state index in [0.29, 0.717) is 6.42 Å². The second-order valence-corrected chi connectivity index (χ2v) is 3.60. The Hall–Kier alpha value is -0.610. The van der Waals surface area contributed by atoms with E-state index < -0.39 is 0 Å². The second-order valence-electron chi connectivity index (χ2n) is 3.60. The van der Waals surface area contributed by atoms with Crippen molar-refractivity contribution in [2.75, 3.05) is 13.2 Å². The smallest absolute Gasteiger partial charge is 0.220 e. The summed E-state index contributed by atoms with van der Waals surface area (Å²) in [6.07, 6.45) is 4.64. The fourth-order valence-corrected chi connectivity index (χ4v) is 1.18. The maximum Gasteiger partial charge on any atom is 0.220 e. The van der Waals surface area contributed by atoms with Crippen LogP contribution in [0.4, 0.5) is 0 Å². The number of carbonyl (C=O) groups excluding carboxylic acids is 1. The number of nitrogens with two attached hydrogens (primary N) is 1. The molecule has 0 rings (SSSR count). The van der Waals surface area contributed by atoms with E-state index in [1.165, 1.54) is 0 Å². The van der Waals surface area contributed by atoms with Gasteiger partial charge in [-0.3, -0.25) is 4.79 Å². The Morgan fingerprint density at radius 1 is 1.36 bits per heavy atom. The first-order valence-electron chi connectivity index (χ1n) is 5.31.